The second kappa shape index (κ2) is 5.85. The van der Waals surface area contributed by atoms with E-state index in [9.17, 15) is 4.79 Å². The van der Waals surface area contributed by atoms with Gasteiger partial charge in [-0.1, -0.05) is 11.8 Å². The van der Waals surface area contributed by atoms with E-state index in [1.165, 1.54) is 6.20 Å². The molecule has 0 aliphatic rings. The number of nitrogens with zero attached hydrogens (tertiary/aromatic N) is 1. The molecule has 0 aliphatic heterocycles. The second-order valence-corrected chi connectivity index (χ2v) is 3.75. The zero-order valence-corrected chi connectivity index (χ0v) is 10.3. The summed E-state index contributed by atoms with van der Waals surface area (Å²) in [6, 6.07) is 6.62. The van der Waals surface area contributed by atoms with Gasteiger partial charge < -0.3 is 14.8 Å². The molecule has 1 amide bonds. The lowest BCUT2D eigenvalue weighted by Crippen LogP contribution is -2.12. The molecule has 0 fully saturated rings. The van der Waals surface area contributed by atoms with Crippen molar-refractivity contribution in [1.29, 1.82) is 0 Å². The SMILES string of the molecule is Cc1ccc(C(=O)Nc2cc(C#CCO)ccn2)o1. The molecule has 0 aromatic carbocycles. The molecule has 0 aliphatic carbocycles. The number of hydrogen-bond donors (Lipinski definition) is 2. The molecule has 0 saturated carbocycles. The van der Waals surface area contributed by atoms with E-state index in [2.05, 4.69) is 22.1 Å². The highest BCUT2D eigenvalue weighted by Gasteiger charge is 2.10. The summed E-state index contributed by atoms with van der Waals surface area (Å²) in [6.07, 6.45) is 1.53. The molecule has 2 N–H and O–H groups in total. The van der Waals surface area contributed by atoms with E-state index in [0.29, 0.717) is 17.1 Å². The lowest BCUT2D eigenvalue weighted by molar-refractivity contribution is 0.0995. The summed E-state index contributed by atoms with van der Waals surface area (Å²) in [5.41, 5.74) is 0.662. The molecule has 2 aromatic rings. The fraction of sp³-hybridized carbons (Fsp3) is 0.143. The van der Waals surface area contributed by atoms with Gasteiger partial charge in [-0.05, 0) is 31.2 Å². The van der Waals surface area contributed by atoms with Gasteiger partial charge in [-0.15, -0.1) is 0 Å². The van der Waals surface area contributed by atoms with Crippen LogP contribution in [0.4, 0.5) is 5.82 Å². The summed E-state index contributed by atoms with van der Waals surface area (Å²) >= 11 is 0. The van der Waals surface area contributed by atoms with Crippen LogP contribution in [0.2, 0.25) is 0 Å². The molecule has 5 nitrogen and oxygen atoms in total. The summed E-state index contributed by atoms with van der Waals surface area (Å²) in [7, 11) is 0. The molecular weight excluding hydrogens is 244 g/mol. The van der Waals surface area contributed by atoms with Gasteiger partial charge in [0.15, 0.2) is 5.76 Å². The van der Waals surface area contributed by atoms with Crippen molar-refractivity contribution in [1.82, 2.24) is 4.98 Å². The van der Waals surface area contributed by atoms with Gasteiger partial charge in [-0.25, -0.2) is 4.98 Å². The van der Waals surface area contributed by atoms with Crippen molar-refractivity contribution >= 4 is 11.7 Å². The van der Waals surface area contributed by atoms with Gasteiger partial charge in [0, 0.05) is 11.8 Å². The van der Waals surface area contributed by atoms with Gasteiger partial charge in [0.05, 0.1) is 0 Å². The average molecular weight is 256 g/mol. The number of pyridine rings is 1. The fourth-order valence-electron chi connectivity index (χ4n) is 1.45. The number of aromatic nitrogens is 1. The summed E-state index contributed by atoms with van der Waals surface area (Å²) < 4.78 is 5.21. The molecule has 5 heteroatoms. The molecule has 0 bridgehead atoms. The molecule has 2 aromatic heterocycles. The zero-order chi connectivity index (χ0) is 13.7. The van der Waals surface area contributed by atoms with Gasteiger partial charge in [-0.2, -0.15) is 0 Å². The Balaban J connectivity index is 2.13. The van der Waals surface area contributed by atoms with Crippen LogP contribution in [-0.4, -0.2) is 22.6 Å². The van der Waals surface area contributed by atoms with E-state index in [-0.39, 0.29) is 18.3 Å². The maximum atomic E-state index is 11.8. The first kappa shape index (κ1) is 12.9. The monoisotopic (exact) mass is 256 g/mol. The van der Waals surface area contributed by atoms with E-state index in [1.54, 1.807) is 31.2 Å². The Hall–Kier alpha value is -2.58. The van der Waals surface area contributed by atoms with Gasteiger partial charge in [0.25, 0.3) is 5.91 Å². The number of nitrogens with one attached hydrogen (secondary N) is 1. The van der Waals surface area contributed by atoms with Gasteiger partial charge in [0.1, 0.15) is 18.2 Å². The van der Waals surface area contributed by atoms with E-state index < -0.39 is 0 Å². The normalized spacial score (nSPS) is 9.58. The lowest BCUT2D eigenvalue weighted by atomic mass is 10.2. The number of amides is 1. The first-order valence-corrected chi connectivity index (χ1v) is 5.62. The third kappa shape index (κ3) is 3.44. The van der Waals surface area contributed by atoms with Crippen LogP contribution >= 0.6 is 0 Å². The first-order valence-electron chi connectivity index (χ1n) is 5.62. The predicted octanol–water partition coefficient (Wildman–Crippen LogP) is 1.58. The summed E-state index contributed by atoms with van der Waals surface area (Å²) in [5, 5.41) is 11.2. The quantitative estimate of drug-likeness (QED) is 0.800. The van der Waals surface area contributed by atoms with Crippen molar-refractivity contribution in [3.05, 3.63) is 47.5 Å². The van der Waals surface area contributed by atoms with Crippen molar-refractivity contribution in [2.45, 2.75) is 6.92 Å². The summed E-state index contributed by atoms with van der Waals surface area (Å²) in [4.78, 5) is 15.8. The lowest BCUT2D eigenvalue weighted by Gasteiger charge is -2.02. The largest absolute Gasteiger partial charge is 0.456 e. The predicted molar refractivity (Wildman–Crippen MR) is 69.6 cm³/mol. The summed E-state index contributed by atoms with van der Waals surface area (Å²) in [5.74, 6) is 6.17. The van der Waals surface area contributed by atoms with Crippen molar-refractivity contribution in [2.24, 2.45) is 0 Å². The van der Waals surface area contributed by atoms with Crippen LogP contribution in [0.25, 0.3) is 0 Å². The Morgan fingerprint density at radius 3 is 3.00 bits per heavy atom. The Kier molecular flexibility index (Phi) is 3.96. The van der Waals surface area contributed by atoms with Gasteiger partial charge in [-0.3, -0.25) is 4.79 Å². The number of anilines is 1. The molecule has 0 unspecified atom stereocenters. The summed E-state index contributed by atoms with van der Waals surface area (Å²) in [6.45, 7) is 1.55. The highest BCUT2D eigenvalue weighted by Crippen LogP contribution is 2.10. The first-order chi connectivity index (χ1) is 9.19. The Morgan fingerprint density at radius 2 is 2.32 bits per heavy atom. The number of carbonyl (C=O) groups is 1. The van der Waals surface area contributed by atoms with Crippen molar-refractivity contribution in [2.75, 3.05) is 11.9 Å². The molecule has 0 radical (unpaired) electrons. The van der Waals surface area contributed by atoms with Crippen LogP contribution in [0, 0.1) is 18.8 Å². The van der Waals surface area contributed by atoms with Crippen molar-refractivity contribution < 1.29 is 14.3 Å². The molecular formula is C14H12N2O3. The number of furan rings is 1. The molecule has 0 spiro atoms. The number of rotatable bonds is 2. The molecule has 0 saturated heterocycles. The second-order valence-electron chi connectivity index (χ2n) is 3.75. The number of hydrogen-bond acceptors (Lipinski definition) is 4. The smallest absolute Gasteiger partial charge is 0.292 e. The Bertz CT molecular complexity index is 650. The number of aliphatic hydroxyl groups excluding tert-OH is 1. The average Bonchev–Trinajstić information content (AvgIpc) is 2.83. The van der Waals surface area contributed by atoms with Gasteiger partial charge >= 0.3 is 0 Å². The maximum Gasteiger partial charge on any atom is 0.292 e. The number of carbonyl (C=O) groups excluding carboxylic acids is 1. The molecule has 0 atom stereocenters. The van der Waals surface area contributed by atoms with Crippen LogP contribution in [0.1, 0.15) is 21.9 Å². The third-order valence-electron chi connectivity index (χ3n) is 2.28. The van der Waals surface area contributed by atoms with Crippen LogP contribution in [0.3, 0.4) is 0 Å². The van der Waals surface area contributed by atoms with E-state index in [0.717, 1.165) is 0 Å². The van der Waals surface area contributed by atoms with Crippen LogP contribution < -0.4 is 5.32 Å². The molecule has 19 heavy (non-hydrogen) atoms. The molecule has 2 heterocycles. The molecule has 96 valence electrons. The number of aryl methyl sites for hydroxylation is 1. The van der Waals surface area contributed by atoms with Crippen molar-refractivity contribution in [3.63, 3.8) is 0 Å². The maximum absolute atomic E-state index is 11.8. The third-order valence-corrected chi connectivity index (χ3v) is 2.28. The van der Waals surface area contributed by atoms with E-state index >= 15 is 0 Å². The van der Waals surface area contributed by atoms with Crippen molar-refractivity contribution in [3.8, 4) is 11.8 Å². The van der Waals surface area contributed by atoms with Crippen LogP contribution in [0.5, 0.6) is 0 Å². The van der Waals surface area contributed by atoms with Crippen LogP contribution in [-0.2, 0) is 0 Å². The minimum atomic E-state index is -0.368. The number of aliphatic hydroxyl groups is 1. The van der Waals surface area contributed by atoms with Crippen LogP contribution in [0.15, 0.2) is 34.9 Å². The minimum Gasteiger partial charge on any atom is -0.456 e. The Labute approximate surface area is 110 Å². The fourth-order valence-corrected chi connectivity index (χ4v) is 1.45. The highest BCUT2D eigenvalue weighted by atomic mass is 16.3. The standard InChI is InChI=1S/C14H12N2O3/c1-10-4-5-12(19-10)14(18)16-13-9-11(3-2-8-17)6-7-15-13/h4-7,9,17H,8H2,1H3,(H,15,16,18). The van der Waals surface area contributed by atoms with E-state index in [1.807, 2.05) is 0 Å². The Morgan fingerprint density at radius 1 is 1.47 bits per heavy atom. The highest BCUT2D eigenvalue weighted by molar-refractivity contribution is 6.01. The molecule has 2 rings (SSSR count). The minimum absolute atomic E-state index is 0.213. The van der Waals surface area contributed by atoms with Gasteiger partial charge in [0.2, 0.25) is 0 Å². The zero-order valence-electron chi connectivity index (χ0n) is 10.3. The van der Waals surface area contributed by atoms with E-state index in [4.69, 9.17) is 9.52 Å². The topological polar surface area (TPSA) is 75.4 Å².